The number of aryl methyl sites for hydroxylation is 2. The van der Waals surface area contributed by atoms with Crippen LogP contribution in [0, 0.1) is 13.8 Å². The first kappa shape index (κ1) is 18.4. The smallest absolute Gasteiger partial charge is 0.247 e. The molecule has 142 valence electrons. The van der Waals surface area contributed by atoms with Crippen LogP contribution in [0.2, 0.25) is 0 Å². The van der Waals surface area contributed by atoms with Crippen LogP contribution in [0.4, 0.5) is 0 Å². The van der Waals surface area contributed by atoms with E-state index < -0.39 is 0 Å². The molecule has 2 heterocycles. The van der Waals surface area contributed by atoms with Gasteiger partial charge in [0.25, 0.3) is 0 Å². The van der Waals surface area contributed by atoms with E-state index in [9.17, 15) is 0 Å². The number of aromatic nitrogens is 5. The molecule has 0 amide bonds. The van der Waals surface area contributed by atoms with E-state index in [1.165, 1.54) is 5.56 Å². The minimum Gasteiger partial charge on any atom is -0.420 e. The monoisotopic (exact) mass is 391 g/mol. The maximum atomic E-state index is 5.83. The molecule has 0 atom stereocenters. The molecule has 4 rings (SSSR count). The third kappa shape index (κ3) is 3.71. The average molecular weight is 392 g/mol. The fourth-order valence-electron chi connectivity index (χ4n) is 3.04. The van der Waals surface area contributed by atoms with E-state index in [1.54, 1.807) is 11.8 Å². The van der Waals surface area contributed by atoms with E-state index in [0.717, 1.165) is 34.2 Å². The van der Waals surface area contributed by atoms with Crippen LogP contribution in [0.5, 0.6) is 0 Å². The highest BCUT2D eigenvalue weighted by Crippen LogP contribution is 2.28. The van der Waals surface area contributed by atoms with Gasteiger partial charge < -0.3 is 8.98 Å². The van der Waals surface area contributed by atoms with Gasteiger partial charge in [0.05, 0.1) is 5.75 Å². The Bertz CT molecular complexity index is 1100. The van der Waals surface area contributed by atoms with Crippen molar-refractivity contribution in [1.29, 1.82) is 0 Å². The first-order valence-electron chi connectivity index (χ1n) is 9.17. The molecule has 4 aromatic rings. The van der Waals surface area contributed by atoms with Crippen LogP contribution in [0.3, 0.4) is 0 Å². The molecule has 0 spiro atoms. The average Bonchev–Trinajstić information content (AvgIpc) is 3.33. The topological polar surface area (TPSA) is 69.6 Å². The quantitative estimate of drug-likeness (QED) is 0.434. The molecular formula is C21H21N5OS. The summed E-state index contributed by atoms with van der Waals surface area (Å²) in [5.41, 5.74) is 4.37. The molecule has 0 aliphatic rings. The summed E-state index contributed by atoms with van der Waals surface area (Å²) < 4.78 is 7.95. The zero-order chi connectivity index (χ0) is 19.5. The van der Waals surface area contributed by atoms with Crippen LogP contribution in [0.15, 0.2) is 58.1 Å². The van der Waals surface area contributed by atoms with Gasteiger partial charge in [-0.3, -0.25) is 0 Å². The second-order valence-electron chi connectivity index (χ2n) is 6.52. The molecule has 0 aliphatic heterocycles. The molecule has 2 aromatic heterocycles. The van der Waals surface area contributed by atoms with Crippen LogP contribution < -0.4 is 0 Å². The molecule has 0 aliphatic carbocycles. The predicted molar refractivity (Wildman–Crippen MR) is 110 cm³/mol. The van der Waals surface area contributed by atoms with Gasteiger partial charge in [-0.25, -0.2) is 0 Å². The number of thioether (sulfide) groups is 1. The summed E-state index contributed by atoms with van der Waals surface area (Å²) in [7, 11) is 0. The lowest BCUT2D eigenvalue weighted by Gasteiger charge is -2.08. The van der Waals surface area contributed by atoms with Gasteiger partial charge >= 0.3 is 0 Å². The number of hydrogen-bond donors (Lipinski definition) is 0. The van der Waals surface area contributed by atoms with Gasteiger partial charge in [-0.15, -0.1) is 20.4 Å². The molecule has 0 unspecified atom stereocenters. The molecule has 0 saturated heterocycles. The van der Waals surface area contributed by atoms with Crippen molar-refractivity contribution in [2.75, 3.05) is 0 Å². The number of nitrogens with zero attached hydrogens (tertiary/aromatic N) is 5. The summed E-state index contributed by atoms with van der Waals surface area (Å²) in [6.45, 7) is 7.01. The van der Waals surface area contributed by atoms with Crippen LogP contribution in [0.25, 0.3) is 22.8 Å². The van der Waals surface area contributed by atoms with Crippen molar-refractivity contribution in [2.24, 2.45) is 0 Å². The van der Waals surface area contributed by atoms with Gasteiger partial charge in [-0.1, -0.05) is 53.7 Å². The largest absolute Gasteiger partial charge is 0.420 e. The Morgan fingerprint density at radius 3 is 2.61 bits per heavy atom. The summed E-state index contributed by atoms with van der Waals surface area (Å²) in [6.07, 6.45) is 0. The summed E-state index contributed by atoms with van der Waals surface area (Å²) in [6, 6.07) is 16.2. The number of benzene rings is 2. The highest BCUT2D eigenvalue weighted by Gasteiger charge is 2.16. The van der Waals surface area contributed by atoms with E-state index in [1.807, 2.05) is 43.3 Å². The predicted octanol–water partition coefficient (Wildman–Crippen LogP) is 4.92. The van der Waals surface area contributed by atoms with E-state index in [4.69, 9.17) is 4.42 Å². The van der Waals surface area contributed by atoms with E-state index in [2.05, 4.69) is 50.9 Å². The maximum absolute atomic E-state index is 5.83. The van der Waals surface area contributed by atoms with Crippen molar-refractivity contribution < 1.29 is 4.42 Å². The third-order valence-corrected chi connectivity index (χ3v) is 5.43. The second-order valence-corrected chi connectivity index (χ2v) is 7.47. The molecule has 28 heavy (non-hydrogen) atoms. The molecule has 0 saturated carbocycles. The molecule has 0 radical (unpaired) electrons. The lowest BCUT2D eigenvalue weighted by Crippen LogP contribution is -2.00. The Morgan fingerprint density at radius 2 is 1.82 bits per heavy atom. The maximum Gasteiger partial charge on any atom is 0.247 e. The first-order valence-corrected chi connectivity index (χ1v) is 10.2. The van der Waals surface area contributed by atoms with Crippen LogP contribution >= 0.6 is 11.8 Å². The van der Waals surface area contributed by atoms with Gasteiger partial charge in [0, 0.05) is 17.7 Å². The fraction of sp³-hybridized carbons (Fsp3) is 0.238. The van der Waals surface area contributed by atoms with Crippen molar-refractivity contribution in [3.63, 3.8) is 0 Å². The summed E-state index contributed by atoms with van der Waals surface area (Å²) in [4.78, 5) is 0. The summed E-state index contributed by atoms with van der Waals surface area (Å²) in [5.74, 6) is 2.54. The molecule has 6 nitrogen and oxygen atoms in total. The highest BCUT2D eigenvalue weighted by molar-refractivity contribution is 7.98. The number of rotatable bonds is 6. The van der Waals surface area contributed by atoms with Gasteiger partial charge in [-0.2, -0.15) is 0 Å². The van der Waals surface area contributed by atoms with Crippen LogP contribution in [0.1, 0.15) is 23.9 Å². The minimum atomic E-state index is 0.539. The molecular weight excluding hydrogens is 370 g/mol. The zero-order valence-corrected chi connectivity index (χ0v) is 16.9. The van der Waals surface area contributed by atoms with Gasteiger partial charge in [0.2, 0.25) is 11.8 Å². The Kier molecular flexibility index (Phi) is 5.25. The molecule has 7 heteroatoms. The second kappa shape index (κ2) is 7.98. The lowest BCUT2D eigenvalue weighted by molar-refractivity contribution is 0.528. The van der Waals surface area contributed by atoms with Crippen molar-refractivity contribution in [3.8, 4) is 22.8 Å². The molecule has 2 aromatic carbocycles. The van der Waals surface area contributed by atoms with Crippen LogP contribution in [-0.4, -0.2) is 25.0 Å². The van der Waals surface area contributed by atoms with Crippen molar-refractivity contribution in [1.82, 2.24) is 25.0 Å². The van der Waals surface area contributed by atoms with Gasteiger partial charge in [0.1, 0.15) is 0 Å². The lowest BCUT2D eigenvalue weighted by atomic mass is 10.1. The summed E-state index contributed by atoms with van der Waals surface area (Å²) >= 11 is 1.55. The van der Waals surface area contributed by atoms with Crippen LogP contribution in [-0.2, 0) is 12.3 Å². The van der Waals surface area contributed by atoms with Crippen molar-refractivity contribution in [2.45, 2.75) is 38.2 Å². The SMILES string of the molecule is CCn1c(SCc2nnc(-c3cccc(C)c3)o2)nnc1-c1ccccc1C. The normalized spacial score (nSPS) is 11.1. The summed E-state index contributed by atoms with van der Waals surface area (Å²) in [5, 5.41) is 18.0. The zero-order valence-electron chi connectivity index (χ0n) is 16.1. The molecule has 0 N–H and O–H groups in total. The van der Waals surface area contributed by atoms with Crippen molar-refractivity contribution >= 4 is 11.8 Å². The molecule has 0 bridgehead atoms. The number of hydrogen-bond acceptors (Lipinski definition) is 6. The fourth-order valence-corrected chi connectivity index (χ4v) is 3.88. The van der Waals surface area contributed by atoms with Crippen molar-refractivity contribution in [3.05, 3.63) is 65.5 Å². The third-order valence-electron chi connectivity index (χ3n) is 4.48. The standard InChI is InChI=1S/C21H21N5OS/c1-4-26-19(17-11-6-5-9-15(17)3)23-25-21(26)28-13-18-22-24-20(27-18)16-10-7-8-14(2)12-16/h5-12H,4,13H2,1-3H3. The minimum absolute atomic E-state index is 0.539. The Morgan fingerprint density at radius 1 is 0.964 bits per heavy atom. The van der Waals surface area contributed by atoms with E-state index >= 15 is 0 Å². The highest BCUT2D eigenvalue weighted by atomic mass is 32.2. The Balaban J connectivity index is 1.53. The van der Waals surface area contributed by atoms with E-state index in [0.29, 0.717) is 17.5 Å². The molecule has 0 fully saturated rings. The Hall–Kier alpha value is -2.93. The van der Waals surface area contributed by atoms with E-state index in [-0.39, 0.29) is 0 Å². The first-order chi connectivity index (χ1) is 13.7. The van der Waals surface area contributed by atoms with Gasteiger partial charge in [0.15, 0.2) is 11.0 Å². The Labute approximate surface area is 168 Å². The van der Waals surface area contributed by atoms with Gasteiger partial charge in [-0.05, 0) is 38.5 Å².